The van der Waals surface area contributed by atoms with Gasteiger partial charge in [-0.1, -0.05) is 18.2 Å². The Morgan fingerprint density at radius 3 is 2.88 bits per heavy atom. The maximum atomic E-state index is 5.36. The van der Waals surface area contributed by atoms with E-state index in [2.05, 4.69) is 40.0 Å². The van der Waals surface area contributed by atoms with Crippen LogP contribution in [0.15, 0.2) is 35.0 Å². The molecule has 4 heteroatoms. The lowest BCUT2D eigenvalue weighted by Crippen LogP contribution is -2.39. The van der Waals surface area contributed by atoms with E-state index < -0.39 is 0 Å². The zero-order valence-electron chi connectivity index (χ0n) is 8.98. The molecule has 1 saturated heterocycles. The number of morpholine rings is 1. The average molecular weight is 234 g/mol. The van der Waals surface area contributed by atoms with Crippen LogP contribution < -0.4 is 4.72 Å². The van der Waals surface area contributed by atoms with E-state index in [0.717, 1.165) is 26.3 Å². The van der Waals surface area contributed by atoms with Gasteiger partial charge in [-0.05, 0) is 29.7 Å². The number of hydrogen-bond acceptors (Lipinski definition) is 4. The Morgan fingerprint density at radius 1 is 1.19 bits per heavy atom. The molecule has 0 amide bonds. The molecule has 0 aromatic heterocycles. The molecular weight excluding hydrogens is 220 g/mol. The van der Waals surface area contributed by atoms with Gasteiger partial charge in [0.05, 0.1) is 13.2 Å². The zero-order chi connectivity index (χ0) is 10.8. The van der Waals surface area contributed by atoms with Crippen LogP contribution in [0.4, 0.5) is 0 Å². The van der Waals surface area contributed by atoms with Crippen molar-refractivity contribution in [2.75, 3.05) is 26.3 Å². The Morgan fingerprint density at radius 2 is 2.00 bits per heavy atom. The second kappa shape index (κ2) is 4.39. The molecular formula is C12H14N2OS. The van der Waals surface area contributed by atoms with E-state index in [1.54, 1.807) is 11.9 Å². The van der Waals surface area contributed by atoms with Crippen molar-refractivity contribution >= 4 is 18.0 Å². The molecule has 1 N–H and O–H groups in total. The largest absolute Gasteiger partial charge is 0.378 e. The van der Waals surface area contributed by atoms with E-state index in [1.165, 1.54) is 16.3 Å². The second-order valence-electron chi connectivity index (χ2n) is 3.87. The molecule has 0 saturated carbocycles. The summed E-state index contributed by atoms with van der Waals surface area (Å²) in [5.74, 6) is 1.20. The highest BCUT2D eigenvalue weighted by atomic mass is 32.2. The van der Waals surface area contributed by atoms with Gasteiger partial charge in [-0.2, -0.15) is 0 Å². The van der Waals surface area contributed by atoms with Gasteiger partial charge in [0.25, 0.3) is 0 Å². The molecule has 0 aliphatic carbocycles. The predicted octanol–water partition coefficient (Wildman–Crippen LogP) is 1.93. The fourth-order valence-electron chi connectivity index (χ4n) is 1.94. The lowest BCUT2D eigenvalue weighted by atomic mass is 10.2. The minimum absolute atomic E-state index is 0.825. The first-order valence-electron chi connectivity index (χ1n) is 5.50. The summed E-state index contributed by atoms with van der Waals surface area (Å²) in [5, 5.41) is 0. The highest BCUT2D eigenvalue weighted by molar-refractivity contribution is 7.97. The lowest BCUT2D eigenvalue weighted by Gasteiger charge is -2.32. The highest BCUT2D eigenvalue weighted by Gasteiger charge is 2.17. The number of nitrogens with one attached hydrogen (secondary N) is 1. The third kappa shape index (κ3) is 1.90. The molecule has 1 aromatic carbocycles. The van der Waals surface area contributed by atoms with E-state index >= 15 is 0 Å². The summed E-state index contributed by atoms with van der Waals surface area (Å²) < 4.78 is 8.75. The van der Waals surface area contributed by atoms with Crippen LogP contribution in [0.3, 0.4) is 0 Å². The third-order valence-electron chi connectivity index (χ3n) is 2.83. The van der Waals surface area contributed by atoms with Gasteiger partial charge in [-0.25, -0.2) is 0 Å². The van der Waals surface area contributed by atoms with Gasteiger partial charge < -0.3 is 14.4 Å². The molecule has 2 aliphatic rings. The van der Waals surface area contributed by atoms with Crippen molar-refractivity contribution < 1.29 is 4.74 Å². The first-order valence-corrected chi connectivity index (χ1v) is 6.31. The van der Waals surface area contributed by atoms with Crippen LogP contribution >= 0.6 is 11.9 Å². The van der Waals surface area contributed by atoms with Crippen molar-refractivity contribution in [1.82, 2.24) is 9.62 Å². The molecule has 2 heterocycles. The number of rotatable bonds is 1. The fourth-order valence-corrected chi connectivity index (χ4v) is 2.73. The monoisotopic (exact) mass is 234 g/mol. The molecule has 0 radical (unpaired) electrons. The summed E-state index contributed by atoms with van der Waals surface area (Å²) in [4.78, 5) is 3.63. The predicted molar refractivity (Wildman–Crippen MR) is 65.8 cm³/mol. The van der Waals surface area contributed by atoms with Crippen LogP contribution in [0.1, 0.15) is 5.56 Å². The normalized spacial score (nSPS) is 19.8. The molecule has 1 fully saturated rings. The summed E-state index contributed by atoms with van der Waals surface area (Å²) in [6.07, 6.45) is 2.22. The van der Waals surface area contributed by atoms with E-state index in [9.17, 15) is 0 Å². The molecule has 0 atom stereocenters. The Hall–Kier alpha value is -1.13. The van der Waals surface area contributed by atoms with Gasteiger partial charge >= 0.3 is 0 Å². The van der Waals surface area contributed by atoms with Crippen LogP contribution in [0.5, 0.6) is 0 Å². The molecule has 0 unspecified atom stereocenters. The third-order valence-corrected chi connectivity index (χ3v) is 3.73. The molecule has 2 aliphatic heterocycles. The Kier molecular flexibility index (Phi) is 2.76. The molecule has 3 rings (SSSR count). The standard InChI is InChI=1S/C12H14N2OS/c1-2-4-11-10(3-1)9-12(13-16-11)14-5-7-15-8-6-14/h1-4,9,13H,5-8H2. The maximum absolute atomic E-state index is 5.36. The molecule has 0 bridgehead atoms. The quantitative estimate of drug-likeness (QED) is 0.750. The van der Waals surface area contributed by atoms with Crippen LogP contribution in [-0.4, -0.2) is 31.2 Å². The number of hydrogen-bond donors (Lipinski definition) is 1. The van der Waals surface area contributed by atoms with Crippen molar-refractivity contribution in [3.63, 3.8) is 0 Å². The summed E-state index contributed by atoms with van der Waals surface area (Å²) in [5.41, 5.74) is 1.30. The molecule has 1 aromatic rings. The van der Waals surface area contributed by atoms with Gasteiger partial charge in [0.2, 0.25) is 0 Å². The Bertz CT molecular complexity index is 413. The van der Waals surface area contributed by atoms with Gasteiger partial charge in [-0.15, -0.1) is 0 Å². The van der Waals surface area contributed by atoms with Gasteiger partial charge in [0, 0.05) is 18.0 Å². The molecule has 84 valence electrons. The number of fused-ring (bicyclic) bond motifs is 1. The van der Waals surface area contributed by atoms with E-state index in [-0.39, 0.29) is 0 Å². The average Bonchev–Trinajstić information content (AvgIpc) is 2.39. The van der Waals surface area contributed by atoms with E-state index in [1.807, 2.05) is 0 Å². The lowest BCUT2D eigenvalue weighted by molar-refractivity contribution is 0.0526. The van der Waals surface area contributed by atoms with Crippen molar-refractivity contribution in [3.8, 4) is 0 Å². The molecule has 0 spiro atoms. The van der Waals surface area contributed by atoms with Gasteiger partial charge in [-0.3, -0.25) is 0 Å². The zero-order valence-corrected chi connectivity index (χ0v) is 9.80. The second-order valence-corrected chi connectivity index (χ2v) is 4.72. The molecule has 16 heavy (non-hydrogen) atoms. The SMILES string of the molecule is C1=C(N2CCOCC2)NSc2ccccc21. The van der Waals surface area contributed by atoms with Crippen molar-refractivity contribution in [2.24, 2.45) is 0 Å². The number of nitrogens with zero attached hydrogens (tertiary/aromatic N) is 1. The minimum Gasteiger partial charge on any atom is -0.378 e. The Balaban J connectivity index is 1.85. The summed E-state index contributed by atoms with van der Waals surface area (Å²) in [6.45, 7) is 3.60. The summed E-state index contributed by atoms with van der Waals surface area (Å²) in [6, 6.07) is 8.45. The van der Waals surface area contributed by atoms with Crippen LogP contribution in [0.25, 0.3) is 6.08 Å². The maximum Gasteiger partial charge on any atom is 0.112 e. The van der Waals surface area contributed by atoms with Crippen molar-refractivity contribution in [2.45, 2.75) is 4.90 Å². The molecule has 3 nitrogen and oxygen atoms in total. The summed E-state index contributed by atoms with van der Waals surface area (Å²) >= 11 is 1.69. The minimum atomic E-state index is 0.825. The van der Waals surface area contributed by atoms with Crippen molar-refractivity contribution in [3.05, 3.63) is 35.6 Å². The smallest absolute Gasteiger partial charge is 0.112 e. The van der Waals surface area contributed by atoms with Crippen LogP contribution in [-0.2, 0) is 4.74 Å². The number of benzene rings is 1. The number of ether oxygens (including phenoxy) is 1. The van der Waals surface area contributed by atoms with E-state index in [4.69, 9.17) is 4.74 Å². The fraction of sp³-hybridized carbons (Fsp3) is 0.333. The van der Waals surface area contributed by atoms with Crippen LogP contribution in [0, 0.1) is 0 Å². The topological polar surface area (TPSA) is 24.5 Å². The van der Waals surface area contributed by atoms with Crippen LogP contribution in [0.2, 0.25) is 0 Å². The van der Waals surface area contributed by atoms with E-state index in [0.29, 0.717) is 0 Å². The van der Waals surface area contributed by atoms with Gasteiger partial charge in [0.1, 0.15) is 5.82 Å². The van der Waals surface area contributed by atoms with Gasteiger partial charge in [0.15, 0.2) is 0 Å². The first-order chi connectivity index (χ1) is 7.93. The first kappa shape index (κ1) is 10.1. The summed E-state index contributed by atoms with van der Waals surface area (Å²) in [7, 11) is 0. The van der Waals surface area contributed by atoms with Crippen molar-refractivity contribution in [1.29, 1.82) is 0 Å². The Labute approximate surface area is 99.6 Å². The highest BCUT2D eigenvalue weighted by Crippen LogP contribution is 2.28.